The van der Waals surface area contributed by atoms with Crippen molar-refractivity contribution in [3.63, 3.8) is 0 Å². The van der Waals surface area contributed by atoms with Crippen molar-refractivity contribution in [3.05, 3.63) is 0 Å². The molecule has 0 rings (SSSR count). The minimum absolute atomic E-state index is 0. The fourth-order valence-electron chi connectivity index (χ4n) is 0. The summed E-state index contributed by atoms with van der Waals surface area (Å²) in [7, 11) is 0. The van der Waals surface area contributed by atoms with Crippen LogP contribution in [0.2, 0.25) is 0 Å². The van der Waals surface area contributed by atoms with E-state index >= 15 is 0 Å². The molecule has 0 saturated heterocycles. The van der Waals surface area contributed by atoms with Crippen LogP contribution in [0.4, 0.5) is 0 Å². The number of halogens is 2. The summed E-state index contributed by atoms with van der Waals surface area (Å²) < 4.78 is 0. The van der Waals surface area contributed by atoms with Crippen LogP contribution in [0.25, 0.3) is 0 Å². The first-order valence-electron chi connectivity index (χ1n) is 0. The van der Waals surface area contributed by atoms with Crippen LogP contribution < -0.4 is 9.41 Å². The van der Waals surface area contributed by atoms with Gasteiger partial charge in [0.25, 0.3) is 0 Å². The van der Waals surface area contributed by atoms with Crippen molar-refractivity contribution in [2.24, 2.45) is 0 Å². The fourth-order valence-corrected chi connectivity index (χ4v) is 0. The molecule has 0 aliphatic rings. The molecule has 1 radical (unpaired) electrons. The number of hydrogen-bond acceptors (Lipinski definition) is 0. The van der Waals surface area contributed by atoms with Gasteiger partial charge in [-0.3, -0.25) is 0 Å². The molecule has 4 nitrogen and oxygen atoms in total. The minimum atomic E-state index is 0. The fraction of sp³-hybridized carbons (Fsp3) is 0. The zero-order valence-electron chi connectivity index (χ0n) is 3.09. The summed E-state index contributed by atoms with van der Waals surface area (Å²) in [5.74, 6) is 0. The molecule has 0 fully saturated rings. The molecule has 57 valence electrons. The summed E-state index contributed by atoms with van der Waals surface area (Å²) in [5, 5.41) is 0. The topological polar surface area (TPSA) is 126 Å². The van der Waals surface area contributed by atoms with Gasteiger partial charge in [-0.2, -0.15) is 0 Å². The molecule has 0 unspecified atom stereocenters. The van der Waals surface area contributed by atoms with Crippen molar-refractivity contribution in [2.75, 3.05) is 0 Å². The number of rotatable bonds is 0. The standard InChI is InChI=1S/Co.2FH.4H2O/h;2*1H;4*1H2/p-2. The molecular weight excluding hydrogens is 161 g/mol. The van der Waals surface area contributed by atoms with E-state index in [1.165, 1.54) is 0 Å². The van der Waals surface area contributed by atoms with E-state index in [0.29, 0.717) is 0 Å². The monoisotopic (exact) mass is 169 g/mol. The molecule has 0 saturated carbocycles. The van der Waals surface area contributed by atoms with Crippen LogP contribution in [-0.4, -0.2) is 21.9 Å². The molecule has 0 spiro atoms. The average Bonchev–Trinajstić information content (AvgIpc) is 0. The molecule has 0 heterocycles. The molecule has 0 bridgehead atoms. The molecule has 0 aromatic rings. The van der Waals surface area contributed by atoms with Crippen LogP contribution in [0, 0.1) is 0 Å². The van der Waals surface area contributed by atoms with E-state index in [2.05, 4.69) is 0 Å². The Kier molecular flexibility index (Phi) is 3670000. The average molecular weight is 169 g/mol. The van der Waals surface area contributed by atoms with Crippen LogP contribution in [0.15, 0.2) is 0 Å². The summed E-state index contributed by atoms with van der Waals surface area (Å²) in [6.45, 7) is 0. The maximum atomic E-state index is 0. The van der Waals surface area contributed by atoms with E-state index < -0.39 is 0 Å². The van der Waals surface area contributed by atoms with Crippen molar-refractivity contribution >= 4 is 0 Å². The summed E-state index contributed by atoms with van der Waals surface area (Å²) in [4.78, 5) is 0. The molecule has 0 aliphatic heterocycles. The van der Waals surface area contributed by atoms with Gasteiger partial charge >= 0.3 is 0 Å². The molecule has 7 heteroatoms. The maximum absolute atomic E-state index is 0. The first-order chi connectivity index (χ1) is 0. The van der Waals surface area contributed by atoms with Gasteiger partial charge in [0, 0.05) is 16.8 Å². The van der Waals surface area contributed by atoms with Gasteiger partial charge < -0.3 is 31.3 Å². The summed E-state index contributed by atoms with van der Waals surface area (Å²) >= 11 is 0. The Hall–Kier alpha value is 0.206. The van der Waals surface area contributed by atoms with Crippen LogP contribution >= 0.6 is 0 Å². The predicted octanol–water partition coefficient (Wildman–Crippen LogP) is -9.29. The quantitative estimate of drug-likeness (QED) is 0.341. The third kappa shape index (κ3) is 2580. The zero-order chi connectivity index (χ0) is 0. The first kappa shape index (κ1) is 6510. The van der Waals surface area contributed by atoms with Crippen molar-refractivity contribution < 1.29 is 48.1 Å². The van der Waals surface area contributed by atoms with Gasteiger partial charge in [0.2, 0.25) is 0 Å². The molecule has 0 amide bonds. The van der Waals surface area contributed by atoms with E-state index in [0.717, 1.165) is 0 Å². The van der Waals surface area contributed by atoms with E-state index in [1.54, 1.807) is 0 Å². The van der Waals surface area contributed by atoms with Gasteiger partial charge in [-0.05, 0) is 0 Å². The van der Waals surface area contributed by atoms with E-state index in [9.17, 15) is 0 Å². The second-order valence-corrected chi connectivity index (χ2v) is 0. The second-order valence-electron chi connectivity index (χ2n) is 0. The largest absolute Gasteiger partial charge is 1.00 e. The van der Waals surface area contributed by atoms with Crippen LogP contribution in [0.3, 0.4) is 0 Å². The van der Waals surface area contributed by atoms with Crippen molar-refractivity contribution in [1.29, 1.82) is 0 Å². The predicted molar refractivity (Wildman–Crippen MR) is 14.5 cm³/mol. The van der Waals surface area contributed by atoms with Crippen LogP contribution in [0.5, 0.6) is 0 Å². The van der Waals surface area contributed by atoms with Gasteiger partial charge in [0.15, 0.2) is 0 Å². The normalized spacial score (nSPS) is 0. The Bertz CT molecular complexity index is 9.65. The SMILES string of the molecule is O.O.O.O.[Co].[F-].[F-]. The van der Waals surface area contributed by atoms with Crippen molar-refractivity contribution in [3.8, 4) is 0 Å². The van der Waals surface area contributed by atoms with Crippen molar-refractivity contribution in [2.45, 2.75) is 0 Å². The van der Waals surface area contributed by atoms with Gasteiger partial charge in [-0.25, -0.2) is 0 Å². The molecule has 0 aromatic heterocycles. The summed E-state index contributed by atoms with van der Waals surface area (Å²) in [6, 6.07) is 0. The third-order valence-corrected chi connectivity index (χ3v) is 0. The van der Waals surface area contributed by atoms with Gasteiger partial charge in [-0.15, -0.1) is 0 Å². The van der Waals surface area contributed by atoms with Crippen molar-refractivity contribution in [1.82, 2.24) is 0 Å². The molecule has 0 aromatic carbocycles. The molecule has 0 aliphatic carbocycles. The Balaban J connectivity index is 0. The van der Waals surface area contributed by atoms with Gasteiger partial charge in [-0.1, -0.05) is 0 Å². The Morgan fingerprint density at radius 3 is 0.429 bits per heavy atom. The molecular formula is H8CoF2O4-2. The molecule has 0 atom stereocenters. The maximum Gasteiger partial charge on any atom is 0 e. The van der Waals surface area contributed by atoms with Gasteiger partial charge in [0.05, 0.1) is 0 Å². The Labute approximate surface area is 49.1 Å². The molecule has 8 N–H and O–H groups in total. The summed E-state index contributed by atoms with van der Waals surface area (Å²) in [5.41, 5.74) is 0. The first-order valence-corrected chi connectivity index (χ1v) is 0. The van der Waals surface area contributed by atoms with Crippen LogP contribution in [0.1, 0.15) is 0 Å². The van der Waals surface area contributed by atoms with E-state index in [1.807, 2.05) is 0 Å². The van der Waals surface area contributed by atoms with E-state index in [4.69, 9.17) is 0 Å². The Morgan fingerprint density at radius 2 is 0.429 bits per heavy atom. The number of hydrogen-bond donors (Lipinski definition) is 0. The second kappa shape index (κ2) is 3950. The smallest absolute Gasteiger partial charge is 0 e. The van der Waals surface area contributed by atoms with Crippen LogP contribution in [-0.2, 0) is 16.8 Å². The third-order valence-electron chi connectivity index (χ3n) is 0. The van der Waals surface area contributed by atoms with Gasteiger partial charge in [0.1, 0.15) is 0 Å². The van der Waals surface area contributed by atoms with E-state index in [-0.39, 0.29) is 48.1 Å². The Morgan fingerprint density at radius 1 is 0.429 bits per heavy atom. The summed E-state index contributed by atoms with van der Waals surface area (Å²) in [6.07, 6.45) is 0. The minimum Gasteiger partial charge on any atom is -1.00 e. The zero-order valence-corrected chi connectivity index (χ0v) is 4.13. The molecule has 7 heavy (non-hydrogen) atoms.